The van der Waals surface area contributed by atoms with E-state index in [1.54, 1.807) is 6.92 Å². The predicted molar refractivity (Wildman–Crippen MR) is 85.8 cm³/mol. The number of hydrogen-bond donors (Lipinski definition) is 1. The van der Waals surface area contributed by atoms with E-state index in [9.17, 15) is 14.7 Å². The number of ketones is 2. The molecule has 1 aliphatic rings. The molecule has 0 saturated heterocycles. The van der Waals surface area contributed by atoms with Gasteiger partial charge in [-0.25, -0.2) is 0 Å². The zero-order valence-electron chi connectivity index (χ0n) is 13.7. The molecule has 0 fully saturated rings. The van der Waals surface area contributed by atoms with Gasteiger partial charge in [0.2, 0.25) is 0 Å². The maximum atomic E-state index is 13.0. The summed E-state index contributed by atoms with van der Waals surface area (Å²) in [4.78, 5) is 25.8. The summed E-state index contributed by atoms with van der Waals surface area (Å²) in [6.07, 6.45) is 0. The van der Waals surface area contributed by atoms with Gasteiger partial charge in [-0.15, -0.1) is 0 Å². The lowest BCUT2D eigenvalue weighted by atomic mass is 9.82. The Bertz CT molecular complexity index is 882. The van der Waals surface area contributed by atoms with Crippen molar-refractivity contribution in [1.82, 2.24) is 0 Å². The molecule has 2 aromatic carbocycles. The van der Waals surface area contributed by atoms with Gasteiger partial charge in [0, 0.05) is 22.3 Å². The first-order valence-corrected chi connectivity index (χ1v) is 7.20. The summed E-state index contributed by atoms with van der Waals surface area (Å²) in [6.45, 7) is 1.62. The van der Waals surface area contributed by atoms with Gasteiger partial charge in [0.1, 0.15) is 11.5 Å². The number of hydrogen-bond acceptors (Lipinski definition) is 6. The fourth-order valence-corrected chi connectivity index (χ4v) is 2.94. The van der Waals surface area contributed by atoms with E-state index >= 15 is 0 Å². The van der Waals surface area contributed by atoms with Crippen LogP contribution in [0.25, 0.3) is 0 Å². The minimum Gasteiger partial charge on any atom is -0.508 e. The second kappa shape index (κ2) is 5.56. The highest BCUT2D eigenvalue weighted by Gasteiger charge is 2.35. The van der Waals surface area contributed by atoms with E-state index in [-0.39, 0.29) is 45.3 Å². The van der Waals surface area contributed by atoms with Gasteiger partial charge in [0.15, 0.2) is 23.1 Å². The normalized spacial score (nSPS) is 12.5. The lowest BCUT2D eigenvalue weighted by molar-refractivity contribution is 0.0975. The highest BCUT2D eigenvalue weighted by atomic mass is 16.5. The molecule has 24 heavy (non-hydrogen) atoms. The molecule has 0 atom stereocenters. The summed E-state index contributed by atoms with van der Waals surface area (Å²) in [6, 6.07) is 4.26. The van der Waals surface area contributed by atoms with Crippen molar-refractivity contribution in [1.29, 1.82) is 0 Å². The number of phenolic OH excluding ortho intramolecular Hbond substituents is 1. The average Bonchev–Trinajstić information content (AvgIpc) is 2.60. The first kappa shape index (κ1) is 15.9. The molecule has 6 nitrogen and oxygen atoms in total. The lowest BCUT2D eigenvalue weighted by Gasteiger charge is -2.22. The smallest absolute Gasteiger partial charge is 0.198 e. The second-order valence-corrected chi connectivity index (χ2v) is 5.39. The Morgan fingerprint density at radius 1 is 0.792 bits per heavy atom. The maximum Gasteiger partial charge on any atom is 0.198 e. The number of fused-ring (bicyclic) bond motifs is 2. The number of aromatic hydroxyl groups is 1. The molecule has 1 aliphatic carbocycles. The van der Waals surface area contributed by atoms with Crippen molar-refractivity contribution in [3.8, 4) is 23.0 Å². The molecule has 1 N–H and O–H groups in total. The molecule has 0 amide bonds. The summed E-state index contributed by atoms with van der Waals surface area (Å²) in [5.41, 5.74) is 1.09. The average molecular weight is 328 g/mol. The number of methoxy groups -OCH3 is 3. The van der Waals surface area contributed by atoms with Crippen LogP contribution in [0.4, 0.5) is 0 Å². The van der Waals surface area contributed by atoms with Crippen molar-refractivity contribution in [2.75, 3.05) is 21.3 Å². The van der Waals surface area contributed by atoms with Crippen molar-refractivity contribution in [3.05, 3.63) is 46.0 Å². The first-order valence-electron chi connectivity index (χ1n) is 7.20. The minimum atomic E-state index is -0.380. The van der Waals surface area contributed by atoms with Gasteiger partial charge in [-0.2, -0.15) is 0 Å². The molecule has 0 bridgehead atoms. The molecule has 3 rings (SSSR count). The maximum absolute atomic E-state index is 13.0. The Balaban J connectivity index is 2.34. The Kier molecular flexibility index (Phi) is 3.67. The Morgan fingerprint density at radius 2 is 1.33 bits per heavy atom. The molecule has 0 saturated carbocycles. The third-order valence-corrected chi connectivity index (χ3v) is 4.19. The number of ether oxygens (including phenoxy) is 3. The number of rotatable bonds is 3. The van der Waals surface area contributed by atoms with Crippen molar-refractivity contribution < 1.29 is 28.9 Å². The monoisotopic (exact) mass is 328 g/mol. The van der Waals surface area contributed by atoms with Gasteiger partial charge in [-0.1, -0.05) is 0 Å². The molecule has 0 aromatic heterocycles. The van der Waals surface area contributed by atoms with E-state index < -0.39 is 0 Å². The number of carbonyl (C=O) groups excluding carboxylic acids is 2. The SMILES string of the molecule is COc1cc2c(cc1OC)C(=O)c1c(cc(O)c(C)c1OC)C2=O. The van der Waals surface area contributed by atoms with E-state index in [2.05, 4.69) is 0 Å². The molecule has 2 aromatic rings. The Hall–Kier alpha value is -3.02. The van der Waals surface area contributed by atoms with Gasteiger partial charge in [0.05, 0.1) is 26.9 Å². The zero-order valence-corrected chi connectivity index (χ0v) is 13.7. The van der Waals surface area contributed by atoms with Crippen LogP contribution in [0, 0.1) is 6.92 Å². The molecule has 0 aliphatic heterocycles. The molecule has 0 heterocycles. The number of benzene rings is 2. The van der Waals surface area contributed by atoms with Gasteiger partial charge < -0.3 is 19.3 Å². The van der Waals surface area contributed by atoms with Gasteiger partial charge in [0.25, 0.3) is 0 Å². The summed E-state index contributed by atoms with van der Waals surface area (Å²) in [7, 11) is 4.30. The summed E-state index contributed by atoms with van der Waals surface area (Å²) in [5.74, 6) is 0.0635. The molecular formula is C18H16O6. The van der Waals surface area contributed by atoms with Crippen LogP contribution in [0.1, 0.15) is 37.4 Å². The van der Waals surface area contributed by atoms with E-state index in [0.29, 0.717) is 17.1 Å². The van der Waals surface area contributed by atoms with Gasteiger partial charge >= 0.3 is 0 Å². The van der Waals surface area contributed by atoms with E-state index in [0.717, 1.165) is 0 Å². The van der Waals surface area contributed by atoms with Gasteiger partial charge in [-0.05, 0) is 25.1 Å². The predicted octanol–water partition coefficient (Wildman–Crippen LogP) is 2.50. The second-order valence-electron chi connectivity index (χ2n) is 5.39. The largest absolute Gasteiger partial charge is 0.508 e. The lowest BCUT2D eigenvalue weighted by Crippen LogP contribution is -2.22. The topological polar surface area (TPSA) is 82.1 Å². The van der Waals surface area contributed by atoms with Crippen LogP contribution in [-0.2, 0) is 0 Å². The summed E-state index contributed by atoms with van der Waals surface area (Å²) >= 11 is 0. The van der Waals surface area contributed by atoms with Crippen LogP contribution < -0.4 is 14.2 Å². The van der Waals surface area contributed by atoms with Crippen LogP contribution in [0.3, 0.4) is 0 Å². The fraction of sp³-hybridized carbons (Fsp3) is 0.222. The molecule has 0 spiro atoms. The Labute approximate surface area is 138 Å². The summed E-state index contributed by atoms with van der Waals surface area (Å²) < 4.78 is 15.7. The van der Waals surface area contributed by atoms with Crippen LogP contribution in [-0.4, -0.2) is 38.0 Å². The third-order valence-electron chi connectivity index (χ3n) is 4.19. The number of carbonyl (C=O) groups is 2. The number of phenols is 1. The van der Waals surface area contributed by atoms with E-state index in [4.69, 9.17) is 14.2 Å². The Morgan fingerprint density at radius 3 is 1.83 bits per heavy atom. The van der Waals surface area contributed by atoms with Gasteiger partial charge in [-0.3, -0.25) is 9.59 Å². The molecule has 0 radical (unpaired) electrons. The zero-order chi connectivity index (χ0) is 17.6. The molecule has 124 valence electrons. The third kappa shape index (κ3) is 2.03. The van der Waals surface area contributed by atoms with Crippen LogP contribution in [0.5, 0.6) is 23.0 Å². The standard InChI is InChI=1S/C18H16O6/c1-8-12(19)5-11-15(18(8)24-4)17(21)10-7-14(23-3)13(22-2)6-9(10)16(11)20/h5-7,19H,1-4H3. The molecule has 0 unspecified atom stereocenters. The van der Waals surface area contributed by atoms with Crippen molar-refractivity contribution >= 4 is 11.6 Å². The quantitative estimate of drug-likeness (QED) is 0.795. The van der Waals surface area contributed by atoms with Crippen LogP contribution >= 0.6 is 0 Å². The first-order chi connectivity index (χ1) is 11.4. The molecular weight excluding hydrogens is 312 g/mol. The van der Waals surface area contributed by atoms with Crippen LogP contribution in [0.15, 0.2) is 18.2 Å². The summed E-state index contributed by atoms with van der Waals surface area (Å²) in [5, 5.41) is 10.0. The molecule has 6 heteroatoms. The highest BCUT2D eigenvalue weighted by molar-refractivity contribution is 6.30. The van der Waals surface area contributed by atoms with E-state index in [1.807, 2.05) is 0 Å². The van der Waals surface area contributed by atoms with Crippen molar-refractivity contribution in [3.63, 3.8) is 0 Å². The van der Waals surface area contributed by atoms with E-state index in [1.165, 1.54) is 39.5 Å². The van der Waals surface area contributed by atoms with Crippen molar-refractivity contribution in [2.24, 2.45) is 0 Å². The van der Waals surface area contributed by atoms with Crippen LogP contribution in [0.2, 0.25) is 0 Å². The van der Waals surface area contributed by atoms with Crippen molar-refractivity contribution in [2.45, 2.75) is 6.92 Å². The fourth-order valence-electron chi connectivity index (χ4n) is 2.94. The highest BCUT2D eigenvalue weighted by Crippen LogP contribution is 2.42. The minimum absolute atomic E-state index is 0.101.